The van der Waals surface area contributed by atoms with Gasteiger partial charge in [0.2, 0.25) is 0 Å². The molecule has 0 radical (unpaired) electrons. The average Bonchev–Trinajstić information content (AvgIpc) is 2.35. The van der Waals surface area contributed by atoms with Gasteiger partial charge >= 0.3 is 0 Å². The quantitative estimate of drug-likeness (QED) is 0.846. The molecule has 0 saturated carbocycles. The third-order valence-corrected chi connectivity index (χ3v) is 3.40. The molecule has 1 heterocycles. The molecule has 0 unspecified atom stereocenters. The summed E-state index contributed by atoms with van der Waals surface area (Å²) in [7, 11) is 0. The van der Waals surface area contributed by atoms with E-state index in [2.05, 4.69) is 52.5 Å². The summed E-state index contributed by atoms with van der Waals surface area (Å²) in [6.45, 7) is 2.86. The van der Waals surface area contributed by atoms with Crippen LogP contribution >= 0.6 is 31.9 Å². The van der Waals surface area contributed by atoms with Gasteiger partial charge in [0.05, 0.1) is 5.69 Å². The van der Waals surface area contributed by atoms with E-state index in [9.17, 15) is 0 Å². The van der Waals surface area contributed by atoms with Crippen LogP contribution in [0.2, 0.25) is 0 Å². The Morgan fingerprint density at radius 1 is 1.11 bits per heavy atom. The summed E-state index contributed by atoms with van der Waals surface area (Å²) < 4.78 is 1.99. The Morgan fingerprint density at radius 2 is 1.89 bits per heavy atom. The summed E-state index contributed by atoms with van der Waals surface area (Å²) in [4.78, 5) is 8.32. The first kappa shape index (κ1) is 13.3. The molecule has 0 bridgehead atoms. The highest BCUT2D eigenvalue weighted by molar-refractivity contribution is 9.11. The largest absolute Gasteiger partial charge is 0.370 e. The molecule has 0 amide bonds. The molecule has 0 atom stereocenters. The average molecular weight is 372 g/mol. The molecule has 18 heavy (non-hydrogen) atoms. The number of nitrogens with one attached hydrogen (secondary N) is 2. The van der Waals surface area contributed by atoms with Gasteiger partial charge in [0, 0.05) is 21.6 Å². The van der Waals surface area contributed by atoms with E-state index in [0.29, 0.717) is 0 Å². The molecule has 0 saturated heterocycles. The van der Waals surface area contributed by atoms with E-state index in [4.69, 9.17) is 0 Å². The lowest BCUT2D eigenvalue weighted by Gasteiger charge is -2.09. The van der Waals surface area contributed by atoms with E-state index in [0.717, 1.165) is 32.8 Å². The van der Waals surface area contributed by atoms with Gasteiger partial charge < -0.3 is 10.6 Å². The summed E-state index contributed by atoms with van der Waals surface area (Å²) in [5.74, 6) is 1.56. The zero-order chi connectivity index (χ0) is 13.0. The Morgan fingerprint density at radius 3 is 2.67 bits per heavy atom. The second-order valence-electron chi connectivity index (χ2n) is 3.57. The maximum absolute atomic E-state index is 4.19. The molecule has 1 aromatic heterocycles. The molecule has 2 N–H and O–H groups in total. The number of benzene rings is 1. The predicted molar refractivity (Wildman–Crippen MR) is 81.3 cm³/mol. The van der Waals surface area contributed by atoms with Crippen molar-refractivity contribution in [3.05, 3.63) is 39.5 Å². The highest BCUT2D eigenvalue weighted by Crippen LogP contribution is 2.28. The Labute approximate surface area is 122 Å². The number of rotatable bonds is 4. The third-order valence-electron chi connectivity index (χ3n) is 2.22. The molecule has 0 fully saturated rings. The molecular formula is C12H12Br2N4. The Hall–Kier alpha value is -1.14. The van der Waals surface area contributed by atoms with Gasteiger partial charge in [0.25, 0.3) is 0 Å². The van der Waals surface area contributed by atoms with Crippen LogP contribution in [0.15, 0.2) is 39.5 Å². The van der Waals surface area contributed by atoms with Crippen molar-refractivity contribution >= 4 is 49.2 Å². The fourth-order valence-electron chi connectivity index (χ4n) is 1.43. The summed E-state index contributed by atoms with van der Waals surface area (Å²) in [6.07, 6.45) is 1.53. The van der Waals surface area contributed by atoms with Crippen molar-refractivity contribution in [1.82, 2.24) is 9.97 Å². The van der Waals surface area contributed by atoms with Crippen molar-refractivity contribution in [1.29, 1.82) is 0 Å². The van der Waals surface area contributed by atoms with E-state index < -0.39 is 0 Å². The predicted octanol–water partition coefficient (Wildman–Crippen LogP) is 4.18. The van der Waals surface area contributed by atoms with E-state index in [1.165, 1.54) is 6.33 Å². The first-order valence-electron chi connectivity index (χ1n) is 5.47. The van der Waals surface area contributed by atoms with Crippen LogP contribution in [0, 0.1) is 0 Å². The molecule has 6 heteroatoms. The zero-order valence-corrected chi connectivity index (χ0v) is 12.9. The van der Waals surface area contributed by atoms with Crippen molar-refractivity contribution in [2.24, 2.45) is 0 Å². The number of anilines is 3. The molecule has 0 aliphatic carbocycles. The van der Waals surface area contributed by atoms with Crippen molar-refractivity contribution < 1.29 is 0 Å². The normalized spacial score (nSPS) is 10.2. The maximum atomic E-state index is 4.19. The maximum Gasteiger partial charge on any atom is 0.135 e. The molecule has 2 rings (SSSR count). The van der Waals surface area contributed by atoms with E-state index in [1.54, 1.807) is 0 Å². The molecule has 94 valence electrons. The van der Waals surface area contributed by atoms with Gasteiger partial charge in [-0.15, -0.1) is 0 Å². The molecule has 2 aromatic rings. The minimum Gasteiger partial charge on any atom is -0.370 e. The van der Waals surface area contributed by atoms with Crippen LogP contribution < -0.4 is 10.6 Å². The topological polar surface area (TPSA) is 49.8 Å². The highest BCUT2D eigenvalue weighted by Gasteiger charge is 2.03. The van der Waals surface area contributed by atoms with E-state index in [-0.39, 0.29) is 0 Å². The second-order valence-corrected chi connectivity index (χ2v) is 5.34. The lowest BCUT2D eigenvalue weighted by molar-refractivity contribution is 1.11. The monoisotopic (exact) mass is 370 g/mol. The molecule has 0 spiro atoms. The van der Waals surface area contributed by atoms with Crippen LogP contribution in [0.4, 0.5) is 17.3 Å². The van der Waals surface area contributed by atoms with Crippen LogP contribution in [-0.4, -0.2) is 16.5 Å². The van der Waals surface area contributed by atoms with Crippen molar-refractivity contribution in [2.45, 2.75) is 6.92 Å². The fourth-order valence-corrected chi connectivity index (χ4v) is 2.14. The van der Waals surface area contributed by atoms with Crippen molar-refractivity contribution in [3.8, 4) is 0 Å². The lowest BCUT2D eigenvalue weighted by Crippen LogP contribution is -2.01. The number of aromatic nitrogens is 2. The van der Waals surface area contributed by atoms with Gasteiger partial charge in [-0.3, -0.25) is 0 Å². The summed E-state index contributed by atoms with van der Waals surface area (Å²) >= 11 is 6.94. The second kappa shape index (κ2) is 6.15. The van der Waals surface area contributed by atoms with Gasteiger partial charge in [-0.25, -0.2) is 9.97 Å². The minimum absolute atomic E-state index is 0.750. The first-order chi connectivity index (χ1) is 8.69. The first-order valence-corrected chi connectivity index (χ1v) is 7.05. The smallest absolute Gasteiger partial charge is 0.135 e. The number of halogens is 2. The summed E-state index contributed by atoms with van der Waals surface area (Å²) in [5.41, 5.74) is 0.950. The summed E-state index contributed by atoms with van der Waals surface area (Å²) in [6, 6.07) is 7.80. The van der Waals surface area contributed by atoms with Crippen LogP contribution in [0.5, 0.6) is 0 Å². The highest BCUT2D eigenvalue weighted by atomic mass is 79.9. The van der Waals surface area contributed by atoms with Gasteiger partial charge in [-0.05, 0) is 41.1 Å². The molecule has 0 aliphatic heterocycles. The Balaban J connectivity index is 2.22. The van der Waals surface area contributed by atoms with Gasteiger partial charge in [-0.1, -0.05) is 15.9 Å². The summed E-state index contributed by atoms with van der Waals surface area (Å²) in [5, 5.41) is 6.39. The van der Waals surface area contributed by atoms with Crippen LogP contribution in [0.25, 0.3) is 0 Å². The zero-order valence-electron chi connectivity index (χ0n) is 9.74. The Kier molecular flexibility index (Phi) is 4.54. The number of hydrogen-bond donors (Lipinski definition) is 2. The van der Waals surface area contributed by atoms with Gasteiger partial charge in [0.1, 0.15) is 18.0 Å². The molecule has 4 nitrogen and oxygen atoms in total. The van der Waals surface area contributed by atoms with Crippen LogP contribution in [0.1, 0.15) is 6.92 Å². The number of nitrogens with zero attached hydrogens (tertiary/aromatic N) is 2. The number of hydrogen-bond acceptors (Lipinski definition) is 4. The van der Waals surface area contributed by atoms with Gasteiger partial charge in [0.15, 0.2) is 0 Å². The van der Waals surface area contributed by atoms with Crippen LogP contribution in [-0.2, 0) is 0 Å². The van der Waals surface area contributed by atoms with Gasteiger partial charge in [-0.2, -0.15) is 0 Å². The van der Waals surface area contributed by atoms with Crippen LogP contribution in [0.3, 0.4) is 0 Å². The minimum atomic E-state index is 0.750. The van der Waals surface area contributed by atoms with Crippen molar-refractivity contribution in [2.75, 3.05) is 17.2 Å². The standard InChI is InChI=1S/C12H12Br2N4/c1-2-15-11-6-12(17-7-16-11)18-10-5-8(13)3-4-9(10)14/h3-7H,2H2,1H3,(H2,15,16,17,18). The van der Waals surface area contributed by atoms with Crippen molar-refractivity contribution in [3.63, 3.8) is 0 Å². The van der Waals surface area contributed by atoms with E-state index >= 15 is 0 Å². The SMILES string of the molecule is CCNc1cc(Nc2cc(Br)ccc2Br)ncn1. The lowest BCUT2D eigenvalue weighted by atomic mass is 10.3. The molecule has 0 aliphatic rings. The fraction of sp³-hybridized carbons (Fsp3) is 0.167. The van der Waals surface area contributed by atoms with E-state index in [1.807, 2.05) is 31.2 Å². The third kappa shape index (κ3) is 3.43. The Bertz CT molecular complexity index is 545. The molecular weight excluding hydrogens is 360 g/mol. The molecule has 1 aromatic carbocycles.